The van der Waals surface area contributed by atoms with Crippen LogP contribution in [0.3, 0.4) is 0 Å². The van der Waals surface area contributed by atoms with Gasteiger partial charge in [-0.1, -0.05) is 355 Å². The second kappa shape index (κ2) is 54.3. The Morgan fingerprint density at radius 1 is 0.197 bits per heavy atom. The molecule has 368 valence electrons. The van der Waals surface area contributed by atoms with E-state index in [1.54, 1.807) is 0 Å². The van der Waals surface area contributed by atoms with Crippen molar-refractivity contribution >= 4 is 0 Å². The van der Waals surface area contributed by atoms with Crippen LogP contribution in [0.5, 0.6) is 0 Å². The Morgan fingerprint density at radius 2 is 0.361 bits per heavy atom. The van der Waals surface area contributed by atoms with Crippen LogP contribution in [-0.4, -0.2) is 11.2 Å². The predicted molar refractivity (Wildman–Crippen MR) is 280 cm³/mol. The summed E-state index contributed by atoms with van der Waals surface area (Å²) < 4.78 is 0. The third-order valence-corrected chi connectivity index (χ3v) is 15.0. The van der Waals surface area contributed by atoms with Crippen molar-refractivity contribution in [2.24, 2.45) is 11.8 Å². The fraction of sp³-hybridized carbons (Fsp3) is 1.00. The van der Waals surface area contributed by atoms with Crippen LogP contribution in [0, 0.1) is 11.8 Å². The first-order chi connectivity index (χ1) is 30.2. The molecule has 0 saturated heterocycles. The molecule has 0 aliphatic carbocycles. The summed E-state index contributed by atoms with van der Waals surface area (Å²) in [7, 11) is 0. The highest BCUT2D eigenvalue weighted by Gasteiger charge is 2.27. The molecule has 0 aliphatic rings. The summed E-state index contributed by atoms with van der Waals surface area (Å²) in [5.41, 5.74) is 0. The van der Waals surface area contributed by atoms with E-state index in [0.29, 0.717) is 5.92 Å². The van der Waals surface area contributed by atoms with Gasteiger partial charge in [0.1, 0.15) is 0 Å². The molecule has 0 spiro atoms. The largest absolute Gasteiger partial charge is 0.393 e. The lowest BCUT2D eigenvalue weighted by Gasteiger charge is -2.32. The van der Waals surface area contributed by atoms with E-state index < -0.39 is 0 Å². The molecule has 1 N–H and O–H groups in total. The lowest BCUT2D eigenvalue weighted by Crippen LogP contribution is -2.28. The Hall–Kier alpha value is -0.0400. The molecule has 0 fully saturated rings. The van der Waals surface area contributed by atoms with Gasteiger partial charge in [0.15, 0.2) is 0 Å². The van der Waals surface area contributed by atoms with Crippen molar-refractivity contribution in [1.82, 2.24) is 0 Å². The van der Waals surface area contributed by atoms with E-state index >= 15 is 0 Å². The summed E-state index contributed by atoms with van der Waals surface area (Å²) in [4.78, 5) is 0. The molecule has 0 saturated carbocycles. The summed E-state index contributed by atoms with van der Waals surface area (Å²) in [6.07, 6.45) is 75.0. The molecule has 3 atom stereocenters. The minimum atomic E-state index is -0.0674. The Labute approximate surface area is 389 Å². The van der Waals surface area contributed by atoms with Crippen molar-refractivity contribution in [2.75, 3.05) is 0 Å². The maximum absolute atomic E-state index is 11.9. The lowest BCUT2D eigenvalue weighted by atomic mass is 9.76. The normalized spacial score (nSPS) is 13.3. The Morgan fingerprint density at radius 3 is 0.574 bits per heavy atom. The van der Waals surface area contributed by atoms with E-state index in [1.807, 2.05) is 0 Å². The zero-order valence-electron chi connectivity index (χ0n) is 43.7. The highest BCUT2D eigenvalue weighted by Crippen LogP contribution is 2.34. The molecule has 0 radical (unpaired) electrons. The van der Waals surface area contributed by atoms with Gasteiger partial charge in [-0.15, -0.1) is 0 Å². The second-order valence-electron chi connectivity index (χ2n) is 21.1. The molecule has 0 amide bonds. The van der Waals surface area contributed by atoms with Gasteiger partial charge in [-0.2, -0.15) is 0 Å². The molecule has 0 aromatic heterocycles. The molecule has 3 unspecified atom stereocenters. The molecule has 0 aromatic rings. The van der Waals surface area contributed by atoms with Crippen LogP contribution in [0.15, 0.2) is 0 Å². The molecule has 0 aromatic carbocycles. The van der Waals surface area contributed by atoms with E-state index in [9.17, 15) is 5.11 Å². The number of rotatable bonds is 55. The zero-order valence-corrected chi connectivity index (χ0v) is 43.7. The van der Waals surface area contributed by atoms with Gasteiger partial charge in [-0.05, 0) is 24.7 Å². The van der Waals surface area contributed by atoms with Gasteiger partial charge in [-0.25, -0.2) is 0 Å². The van der Waals surface area contributed by atoms with Crippen LogP contribution in [0.25, 0.3) is 0 Å². The van der Waals surface area contributed by atoms with Gasteiger partial charge in [0, 0.05) is 0 Å². The summed E-state index contributed by atoms with van der Waals surface area (Å²) in [5.74, 6) is 1.29. The highest BCUT2D eigenvalue weighted by molar-refractivity contribution is 4.78. The molecule has 0 bridgehead atoms. The van der Waals surface area contributed by atoms with E-state index in [-0.39, 0.29) is 6.10 Å². The number of aliphatic hydroxyl groups excluding tert-OH is 1. The fourth-order valence-corrected chi connectivity index (χ4v) is 10.6. The quantitative estimate of drug-likeness (QED) is 0.0604. The Kier molecular flexibility index (Phi) is 54.3. The third-order valence-electron chi connectivity index (χ3n) is 15.0. The van der Waals surface area contributed by atoms with Crippen molar-refractivity contribution in [3.8, 4) is 0 Å². The molecular formula is C60H122O. The number of hydrogen-bond donors (Lipinski definition) is 1. The molecule has 1 heteroatoms. The molecule has 0 aliphatic heterocycles. The Bertz CT molecular complexity index is 746. The minimum absolute atomic E-state index is 0.0674. The van der Waals surface area contributed by atoms with Crippen LogP contribution >= 0.6 is 0 Å². The van der Waals surface area contributed by atoms with Crippen molar-refractivity contribution in [3.63, 3.8) is 0 Å². The van der Waals surface area contributed by atoms with Gasteiger partial charge < -0.3 is 5.11 Å². The van der Waals surface area contributed by atoms with Crippen molar-refractivity contribution < 1.29 is 5.11 Å². The van der Waals surface area contributed by atoms with Crippen LogP contribution in [0.2, 0.25) is 0 Å². The average Bonchev–Trinajstić information content (AvgIpc) is 3.27. The van der Waals surface area contributed by atoms with Crippen LogP contribution < -0.4 is 0 Å². The van der Waals surface area contributed by atoms with Crippen LogP contribution in [0.1, 0.15) is 368 Å². The van der Waals surface area contributed by atoms with Crippen LogP contribution in [0.4, 0.5) is 0 Å². The van der Waals surface area contributed by atoms with Gasteiger partial charge in [0.25, 0.3) is 0 Å². The van der Waals surface area contributed by atoms with E-state index in [0.717, 1.165) is 12.3 Å². The van der Waals surface area contributed by atoms with Crippen molar-refractivity contribution in [1.29, 1.82) is 0 Å². The molecular weight excluding hydrogens is 737 g/mol. The van der Waals surface area contributed by atoms with E-state index in [4.69, 9.17) is 0 Å². The maximum atomic E-state index is 11.9. The SMILES string of the molecule is CCCCCCCCCCCCCCCCCCCCCCC(CCCCCCCCCCCCCCCCC)C(CCCCCCC)C(O)CCCCCCCCCCC. The van der Waals surface area contributed by atoms with E-state index in [1.165, 1.54) is 334 Å². The third kappa shape index (κ3) is 47.7. The monoisotopic (exact) mass is 859 g/mol. The fourth-order valence-electron chi connectivity index (χ4n) is 10.6. The molecule has 0 rings (SSSR count). The van der Waals surface area contributed by atoms with Crippen molar-refractivity contribution in [3.05, 3.63) is 0 Å². The standard InChI is InChI=1S/C60H122O/c1-5-9-13-17-20-23-25-27-29-30-31-32-33-35-37-39-42-44-48-51-55-58(54-50-47-43-41-38-36-34-28-26-24-21-18-14-10-6-2)59(56-52-46-16-12-8-4)60(61)57-53-49-45-40-22-19-15-11-7-3/h58-61H,5-57H2,1-4H3. The van der Waals surface area contributed by atoms with Crippen LogP contribution in [-0.2, 0) is 0 Å². The smallest absolute Gasteiger partial charge is 0.0571 e. The number of aliphatic hydroxyl groups is 1. The first-order valence-corrected chi connectivity index (χ1v) is 29.9. The number of hydrogen-bond acceptors (Lipinski definition) is 1. The van der Waals surface area contributed by atoms with Crippen molar-refractivity contribution in [2.45, 2.75) is 374 Å². The molecule has 61 heavy (non-hydrogen) atoms. The lowest BCUT2D eigenvalue weighted by molar-refractivity contribution is 0.0479. The minimum Gasteiger partial charge on any atom is -0.393 e. The summed E-state index contributed by atoms with van der Waals surface area (Å²) >= 11 is 0. The first kappa shape index (κ1) is 61.0. The average molecular weight is 860 g/mol. The topological polar surface area (TPSA) is 20.2 Å². The summed E-state index contributed by atoms with van der Waals surface area (Å²) in [5, 5.41) is 11.9. The van der Waals surface area contributed by atoms with Gasteiger partial charge >= 0.3 is 0 Å². The molecule has 1 nitrogen and oxygen atoms in total. The summed E-state index contributed by atoms with van der Waals surface area (Å²) in [6.45, 7) is 9.29. The van der Waals surface area contributed by atoms with Gasteiger partial charge in [0.05, 0.1) is 6.10 Å². The molecule has 0 heterocycles. The Balaban J connectivity index is 4.62. The predicted octanol–water partition coefficient (Wildman–Crippen LogP) is 22.3. The zero-order chi connectivity index (χ0) is 44.2. The first-order valence-electron chi connectivity index (χ1n) is 29.9. The van der Waals surface area contributed by atoms with Gasteiger partial charge in [-0.3, -0.25) is 0 Å². The highest BCUT2D eigenvalue weighted by atomic mass is 16.3. The number of unbranched alkanes of at least 4 members (excludes halogenated alkanes) is 45. The van der Waals surface area contributed by atoms with Gasteiger partial charge in [0.2, 0.25) is 0 Å². The summed E-state index contributed by atoms with van der Waals surface area (Å²) in [6, 6.07) is 0. The second-order valence-corrected chi connectivity index (χ2v) is 21.1. The maximum Gasteiger partial charge on any atom is 0.0571 e. The van der Waals surface area contributed by atoms with E-state index in [2.05, 4.69) is 27.7 Å².